The lowest BCUT2D eigenvalue weighted by molar-refractivity contribution is 0.318. The van der Waals surface area contributed by atoms with Gasteiger partial charge in [-0.2, -0.15) is 4.98 Å². The number of aromatic nitrogens is 5. The molecule has 0 amide bonds. The maximum Gasteiger partial charge on any atom is 0.230 e. The van der Waals surface area contributed by atoms with Crippen LogP contribution in [0, 0.1) is 5.41 Å². The quantitative estimate of drug-likeness (QED) is 0.729. The lowest BCUT2D eigenvalue weighted by Crippen LogP contribution is -2.22. The SMILES string of the molecule is CC(C)(C)Cc1nnc2n1CCC(c1nc(-c3ccccc3)no1)C2. The molecule has 130 valence electrons. The van der Waals surface area contributed by atoms with E-state index < -0.39 is 0 Å². The summed E-state index contributed by atoms with van der Waals surface area (Å²) < 4.78 is 7.80. The van der Waals surface area contributed by atoms with Crippen molar-refractivity contribution in [2.24, 2.45) is 5.41 Å². The standard InChI is InChI=1S/C19H23N5O/c1-19(2,3)12-16-22-21-15-11-14(9-10-24(15)16)18-20-17(23-25-18)13-7-5-4-6-8-13/h4-8,14H,9-12H2,1-3H3. The van der Waals surface area contributed by atoms with Gasteiger partial charge in [0.1, 0.15) is 11.6 Å². The highest BCUT2D eigenvalue weighted by atomic mass is 16.5. The number of rotatable bonds is 3. The highest BCUT2D eigenvalue weighted by molar-refractivity contribution is 5.53. The van der Waals surface area contributed by atoms with Crippen molar-refractivity contribution in [1.29, 1.82) is 0 Å². The van der Waals surface area contributed by atoms with E-state index in [1.165, 1.54) is 0 Å². The minimum absolute atomic E-state index is 0.206. The fraction of sp³-hybridized carbons (Fsp3) is 0.474. The average molecular weight is 337 g/mol. The maximum absolute atomic E-state index is 5.54. The molecule has 0 N–H and O–H groups in total. The summed E-state index contributed by atoms with van der Waals surface area (Å²) in [7, 11) is 0. The third-order valence-electron chi connectivity index (χ3n) is 4.55. The van der Waals surface area contributed by atoms with Gasteiger partial charge in [0.2, 0.25) is 11.7 Å². The summed E-state index contributed by atoms with van der Waals surface area (Å²) in [5.41, 5.74) is 1.18. The van der Waals surface area contributed by atoms with Crippen molar-refractivity contribution in [3.8, 4) is 11.4 Å². The van der Waals surface area contributed by atoms with E-state index in [2.05, 4.69) is 45.7 Å². The first kappa shape index (κ1) is 16.0. The van der Waals surface area contributed by atoms with Gasteiger partial charge in [0.05, 0.1) is 0 Å². The van der Waals surface area contributed by atoms with E-state index in [9.17, 15) is 0 Å². The first-order chi connectivity index (χ1) is 12.0. The van der Waals surface area contributed by atoms with Crippen LogP contribution in [0.4, 0.5) is 0 Å². The molecule has 0 saturated heterocycles. The molecule has 4 rings (SSSR count). The van der Waals surface area contributed by atoms with Crippen molar-refractivity contribution in [2.75, 3.05) is 0 Å². The van der Waals surface area contributed by atoms with Crippen molar-refractivity contribution in [1.82, 2.24) is 24.9 Å². The summed E-state index contributed by atoms with van der Waals surface area (Å²) in [6, 6.07) is 9.92. The fourth-order valence-corrected chi connectivity index (χ4v) is 3.31. The first-order valence-electron chi connectivity index (χ1n) is 8.79. The van der Waals surface area contributed by atoms with Gasteiger partial charge in [-0.15, -0.1) is 10.2 Å². The van der Waals surface area contributed by atoms with Gasteiger partial charge in [-0.3, -0.25) is 0 Å². The Morgan fingerprint density at radius 3 is 2.72 bits per heavy atom. The van der Waals surface area contributed by atoms with Gasteiger partial charge in [0.15, 0.2) is 0 Å². The van der Waals surface area contributed by atoms with Gasteiger partial charge >= 0.3 is 0 Å². The van der Waals surface area contributed by atoms with E-state index in [-0.39, 0.29) is 11.3 Å². The molecule has 3 aromatic rings. The summed E-state index contributed by atoms with van der Waals surface area (Å²) in [6.07, 6.45) is 2.70. The third-order valence-corrected chi connectivity index (χ3v) is 4.55. The van der Waals surface area contributed by atoms with E-state index in [1.807, 2.05) is 30.3 Å². The number of hydrogen-bond donors (Lipinski definition) is 0. The minimum Gasteiger partial charge on any atom is -0.339 e. The molecule has 2 aromatic heterocycles. The number of fused-ring (bicyclic) bond motifs is 1. The van der Waals surface area contributed by atoms with Gasteiger partial charge in [-0.1, -0.05) is 56.3 Å². The molecule has 1 aromatic carbocycles. The monoisotopic (exact) mass is 337 g/mol. The zero-order valence-corrected chi connectivity index (χ0v) is 14.9. The molecule has 0 saturated carbocycles. The predicted octanol–water partition coefficient (Wildman–Crippen LogP) is 3.65. The van der Waals surface area contributed by atoms with Crippen molar-refractivity contribution in [3.05, 3.63) is 47.9 Å². The fourth-order valence-electron chi connectivity index (χ4n) is 3.31. The second-order valence-corrected chi connectivity index (χ2v) is 7.93. The Morgan fingerprint density at radius 1 is 1.16 bits per heavy atom. The first-order valence-corrected chi connectivity index (χ1v) is 8.79. The van der Waals surface area contributed by atoms with Gasteiger partial charge < -0.3 is 9.09 Å². The molecule has 0 radical (unpaired) electrons. The Bertz CT molecular complexity index is 860. The summed E-state index contributed by atoms with van der Waals surface area (Å²) >= 11 is 0. The molecule has 0 aliphatic carbocycles. The molecule has 1 aliphatic heterocycles. The second kappa shape index (κ2) is 6.10. The van der Waals surface area contributed by atoms with Crippen molar-refractivity contribution < 1.29 is 4.52 Å². The van der Waals surface area contributed by atoms with Gasteiger partial charge in [-0.25, -0.2) is 0 Å². The van der Waals surface area contributed by atoms with Crippen LogP contribution in [0.25, 0.3) is 11.4 Å². The van der Waals surface area contributed by atoms with E-state index >= 15 is 0 Å². The van der Waals surface area contributed by atoms with Crippen LogP contribution in [0.1, 0.15) is 50.6 Å². The molecule has 6 heteroatoms. The van der Waals surface area contributed by atoms with E-state index in [4.69, 9.17) is 4.52 Å². The molecule has 0 spiro atoms. The van der Waals surface area contributed by atoms with Crippen LogP contribution in [0.5, 0.6) is 0 Å². The maximum atomic E-state index is 5.54. The summed E-state index contributed by atoms with van der Waals surface area (Å²) in [4.78, 5) is 4.61. The Hall–Kier alpha value is -2.50. The Balaban J connectivity index is 1.53. The molecule has 1 aliphatic rings. The topological polar surface area (TPSA) is 69.6 Å². The Labute approximate surface area is 147 Å². The van der Waals surface area contributed by atoms with Crippen LogP contribution in [-0.4, -0.2) is 24.9 Å². The summed E-state index contributed by atoms with van der Waals surface area (Å²) in [6.45, 7) is 7.58. The Kier molecular flexibility index (Phi) is 3.90. The largest absolute Gasteiger partial charge is 0.339 e. The lowest BCUT2D eigenvalue weighted by Gasteiger charge is -2.23. The van der Waals surface area contributed by atoms with Crippen molar-refractivity contribution >= 4 is 0 Å². The molecular weight excluding hydrogens is 314 g/mol. The van der Waals surface area contributed by atoms with Crippen LogP contribution in [0.3, 0.4) is 0 Å². The van der Waals surface area contributed by atoms with Crippen LogP contribution >= 0.6 is 0 Å². The molecule has 0 fully saturated rings. The minimum atomic E-state index is 0.206. The van der Waals surface area contributed by atoms with Crippen LogP contribution < -0.4 is 0 Å². The summed E-state index contributed by atoms with van der Waals surface area (Å²) in [5.74, 6) is 3.66. The van der Waals surface area contributed by atoms with Crippen molar-refractivity contribution in [3.63, 3.8) is 0 Å². The molecule has 1 unspecified atom stereocenters. The zero-order chi connectivity index (χ0) is 17.4. The highest BCUT2D eigenvalue weighted by Gasteiger charge is 2.29. The van der Waals surface area contributed by atoms with E-state index in [1.54, 1.807) is 0 Å². The van der Waals surface area contributed by atoms with Gasteiger partial charge in [0.25, 0.3) is 0 Å². The normalized spacial score (nSPS) is 17.5. The molecule has 3 heterocycles. The molecule has 6 nitrogen and oxygen atoms in total. The van der Waals surface area contributed by atoms with E-state index in [0.29, 0.717) is 11.7 Å². The zero-order valence-electron chi connectivity index (χ0n) is 14.9. The number of benzene rings is 1. The molecule has 25 heavy (non-hydrogen) atoms. The number of hydrogen-bond acceptors (Lipinski definition) is 5. The average Bonchev–Trinajstić information content (AvgIpc) is 3.22. The Morgan fingerprint density at radius 2 is 1.96 bits per heavy atom. The van der Waals surface area contributed by atoms with Crippen molar-refractivity contribution in [2.45, 2.75) is 52.5 Å². The van der Waals surface area contributed by atoms with Crippen LogP contribution in [0.2, 0.25) is 0 Å². The van der Waals surface area contributed by atoms with Gasteiger partial charge in [-0.05, 0) is 11.8 Å². The molecular formula is C19H23N5O. The van der Waals surface area contributed by atoms with Crippen LogP contribution in [-0.2, 0) is 19.4 Å². The smallest absolute Gasteiger partial charge is 0.230 e. The highest BCUT2D eigenvalue weighted by Crippen LogP contribution is 2.31. The van der Waals surface area contributed by atoms with Gasteiger partial charge in [0, 0.05) is 30.9 Å². The second-order valence-electron chi connectivity index (χ2n) is 7.93. The molecule has 1 atom stereocenters. The molecule has 0 bridgehead atoms. The summed E-state index contributed by atoms with van der Waals surface area (Å²) in [5, 5.41) is 13.0. The third kappa shape index (κ3) is 3.34. The van der Waals surface area contributed by atoms with Crippen LogP contribution in [0.15, 0.2) is 34.9 Å². The predicted molar refractivity (Wildman–Crippen MR) is 94.0 cm³/mol. The van der Waals surface area contributed by atoms with E-state index in [0.717, 1.165) is 43.0 Å². The number of nitrogens with zero attached hydrogens (tertiary/aromatic N) is 5. The lowest BCUT2D eigenvalue weighted by atomic mass is 9.91.